The van der Waals surface area contributed by atoms with Crippen LogP contribution in [-0.2, 0) is 20.8 Å². The van der Waals surface area contributed by atoms with Crippen LogP contribution in [0.2, 0.25) is 0 Å². The predicted molar refractivity (Wildman–Crippen MR) is 115 cm³/mol. The average Bonchev–Trinajstić information content (AvgIpc) is 3.16. The normalized spacial score (nSPS) is 12.7. The van der Waals surface area contributed by atoms with Crippen LogP contribution in [0.3, 0.4) is 0 Å². The minimum absolute atomic E-state index is 0.0161. The highest BCUT2D eigenvalue weighted by molar-refractivity contribution is 6.45. The van der Waals surface area contributed by atoms with Crippen LogP contribution >= 0.6 is 0 Å². The van der Waals surface area contributed by atoms with Gasteiger partial charge in [-0.15, -0.1) is 0 Å². The minimum Gasteiger partial charge on any atom is -0.405 e. The first-order valence-electron chi connectivity index (χ1n) is 9.21. The number of aromatic amines is 1. The molecule has 152 valence electrons. The largest absolute Gasteiger partial charge is 0.405 e. The van der Waals surface area contributed by atoms with Crippen molar-refractivity contribution in [1.82, 2.24) is 10.3 Å². The monoisotopic (exact) mass is 403 g/mol. The molecule has 1 aromatic heterocycles. The summed E-state index contributed by atoms with van der Waals surface area (Å²) in [4.78, 5) is 44.1. The number of aliphatic imine (C=N–C) groups is 1. The van der Waals surface area contributed by atoms with Crippen LogP contribution in [0.4, 0.5) is 5.69 Å². The molecule has 0 radical (unpaired) electrons. The minimum atomic E-state index is -1.13. The molecule has 0 aliphatic heterocycles. The number of fused-ring (bicyclic) bond motifs is 1. The molecule has 30 heavy (non-hydrogen) atoms. The van der Waals surface area contributed by atoms with Crippen molar-refractivity contribution < 1.29 is 14.4 Å². The standard InChI is InChI=1S/C22H21N5O3/c23-11-10-17(26-19-13-25-16-9-5-4-8-15(16)19)22(30)27-18(20(28)21(24)29)12-14-6-2-1-3-7-14/h1-11,13,18,25H,12,23H2,(H2,24,29)(H,27,30)/b11-10-,26-17?. The second kappa shape index (κ2) is 9.33. The van der Waals surface area contributed by atoms with Crippen LogP contribution in [0.25, 0.3) is 10.9 Å². The van der Waals surface area contributed by atoms with Crippen molar-refractivity contribution in [1.29, 1.82) is 0 Å². The summed E-state index contributed by atoms with van der Waals surface area (Å²) in [6.07, 6.45) is 4.28. The van der Waals surface area contributed by atoms with E-state index >= 15 is 0 Å². The van der Waals surface area contributed by atoms with E-state index in [0.717, 1.165) is 16.5 Å². The van der Waals surface area contributed by atoms with Gasteiger partial charge in [0.2, 0.25) is 5.78 Å². The molecule has 1 unspecified atom stereocenters. The maximum absolute atomic E-state index is 12.9. The fraction of sp³-hybridized carbons (Fsp3) is 0.0909. The summed E-state index contributed by atoms with van der Waals surface area (Å²) >= 11 is 0. The molecule has 0 fully saturated rings. The molecule has 2 amide bonds. The zero-order valence-corrected chi connectivity index (χ0v) is 16.0. The predicted octanol–water partition coefficient (Wildman–Crippen LogP) is 1.49. The van der Waals surface area contributed by atoms with Gasteiger partial charge in [-0.3, -0.25) is 14.4 Å². The third-order valence-electron chi connectivity index (χ3n) is 4.44. The zero-order chi connectivity index (χ0) is 21.5. The average molecular weight is 403 g/mol. The molecule has 0 aliphatic carbocycles. The zero-order valence-electron chi connectivity index (χ0n) is 16.0. The topological polar surface area (TPSA) is 143 Å². The lowest BCUT2D eigenvalue weighted by Crippen LogP contribution is -2.49. The molecule has 0 saturated heterocycles. The number of hydrogen-bond donors (Lipinski definition) is 4. The second-order valence-corrected chi connectivity index (χ2v) is 6.52. The van der Waals surface area contributed by atoms with Gasteiger partial charge in [0.1, 0.15) is 11.8 Å². The lowest BCUT2D eigenvalue weighted by Gasteiger charge is -2.16. The smallest absolute Gasteiger partial charge is 0.287 e. The van der Waals surface area contributed by atoms with Crippen molar-refractivity contribution in [3.05, 3.63) is 78.6 Å². The Balaban J connectivity index is 1.89. The van der Waals surface area contributed by atoms with Gasteiger partial charge in [0.05, 0.1) is 5.69 Å². The summed E-state index contributed by atoms with van der Waals surface area (Å²) in [6.45, 7) is 0. The molecule has 1 atom stereocenters. The van der Waals surface area contributed by atoms with Crippen LogP contribution < -0.4 is 16.8 Å². The van der Waals surface area contributed by atoms with Crippen LogP contribution in [-0.4, -0.2) is 34.3 Å². The third-order valence-corrected chi connectivity index (χ3v) is 4.44. The molecule has 6 N–H and O–H groups in total. The number of benzene rings is 2. The number of rotatable bonds is 8. The molecule has 0 aliphatic rings. The molecule has 0 spiro atoms. The van der Waals surface area contributed by atoms with E-state index in [-0.39, 0.29) is 12.1 Å². The fourth-order valence-electron chi connectivity index (χ4n) is 3.00. The molecule has 8 nitrogen and oxygen atoms in total. The Morgan fingerprint density at radius 3 is 2.47 bits per heavy atom. The summed E-state index contributed by atoms with van der Waals surface area (Å²) in [6, 6.07) is 15.3. The summed E-state index contributed by atoms with van der Waals surface area (Å²) in [7, 11) is 0. The maximum atomic E-state index is 12.9. The highest BCUT2D eigenvalue weighted by Crippen LogP contribution is 2.25. The Labute approximate surface area is 172 Å². The Hall–Kier alpha value is -4.20. The van der Waals surface area contributed by atoms with Crippen LogP contribution in [0, 0.1) is 0 Å². The number of carbonyl (C=O) groups excluding carboxylic acids is 3. The molecule has 3 aromatic rings. The van der Waals surface area contributed by atoms with Crippen LogP contribution in [0.5, 0.6) is 0 Å². The van der Waals surface area contributed by atoms with E-state index in [4.69, 9.17) is 11.5 Å². The first-order chi connectivity index (χ1) is 14.5. The highest BCUT2D eigenvalue weighted by atomic mass is 16.2. The Morgan fingerprint density at radius 2 is 1.77 bits per heavy atom. The van der Waals surface area contributed by atoms with Gasteiger partial charge in [-0.05, 0) is 23.9 Å². The number of hydrogen-bond acceptors (Lipinski definition) is 5. The van der Waals surface area contributed by atoms with E-state index in [2.05, 4.69) is 15.3 Å². The van der Waals surface area contributed by atoms with Gasteiger partial charge >= 0.3 is 0 Å². The molecular weight excluding hydrogens is 382 g/mol. The molecule has 3 rings (SSSR count). The number of carbonyl (C=O) groups is 3. The van der Waals surface area contributed by atoms with Gasteiger partial charge in [-0.2, -0.15) is 0 Å². The van der Waals surface area contributed by atoms with Gasteiger partial charge in [0, 0.05) is 23.5 Å². The number of para-hydroxylation sites is 1. The summed E-state index contributed by atoms with van der Waals surface area (Å²) < 4.78 is 0. The van der Waals surface area contributed by atoms with Crippen molar-refractivity contribution in [2.24, 2.45) is 16.5 Å². The van der Waals surface area contributed by atoms with Crippen LogP contribution in [0.1, 0.15) is 5.56 Å². The van der Waals surface area contributed by atoms with E-state index in [1.165, 1.54) is 12.3 Å². The fourth-order valence-corrected chi connectivity index (χ4v) is 3.00. The number of ketones is 1. The van der Waals surface area contributed by atoms with E-state index in [1.54, 1.807) is 30.5 Å². The van der Waals surface area contributed by atoms with E-state index in [9.17, 15) is 14.4 Å². The second-order valence-electron chi connectivity index (χ2n) is 6.52. The van der Waals surface area contributed by atoms with Crippen molar-refractivity contribution in [3.8, 4) is 0 Å². The molecule has 1 heterocycles. The first kappa shape index (κ1) is 20.5. The summed E-state index contributed by atoms with van der Waals surface area (Å²) in [5.74, 6) is -2.67. The number of Topliss-reactive ketones (excluding diaryl/α,β-unsaturated/α-hetero) is 1. The van der Waals surface area contributed by atoms with Crippen molar-refractivity contribution in [2.75, 3.05) is 0 Å². The first-order valence-corrected chi connectivity index (χ1v) is 9.21. The molecule has 0 saturated carbocycles. The van der Waals surface area contributed by atoms with Crippen molar-refractivity contribution >= 4 is 39.9 Å². The summed E-state index contributed by atoms with van der Waals surface area (Å²) in [5, 5.41) is 3.38. The van der Waals surface area contributed by atoms with Gasteiger partial charge < -0.3 is 21.8 Å². The van der Waals surface area contributed by atoms with Crippen LogP contribution in [0.15, 0.2) is 78.1 Å². The number of H-pyrrole nitrogens is 1. The highest BCUT2D eigenvalue weighted by Gasteiger charge is 2.26. The lowest BCUT2D eigenvalue weighted by atomic mass is 10.0. The Kier molecular flexibility index (Phi) is 6.39. The summed E-state index contributed by atoms with van der Waals surface area (Å²) in [5.41, 5.74) is 12.8. The molecule has 2 aromatic carbocycles. The van der Waals surface area contributed by atoms with E-state index in [1.807, 2.05) is 30.3 Å². The van der Waals surface area contributed by atoms with Gasteiger partial charge in [-0.25, -0.2) is 4.99 Å². The van der Waals surface area contributed by atoms with Gasteiger partial charge in [-0.1, -0.05) is 48.5 Å². The SMILES string of the molecule is N/C=C\C(=Nc1c[nH]c2ccccc12)C(=O)NC(Cc1ccccc1)C(=O)C(N)=O. The lowest BCUT2D eigenvalue weighted by molar-refractivity contribution is -0.137. The van der Waals surface area contributed by atoms with E-state index in [0.29, 0.717) is 5.69 Å². The molecule has 8 heteroatoms. The van der Waals surface area contributed by atoms with Gasteiger partial charge in [0.25, 0.3) is 11.8 Å². The number of primary amides is 1. The van der Waals surface area contributed by atoms with Crippen molar-refractivity contribution in [3.63, 3.8) is 0 Å². The number of nitrogens with two attached hydrogens (primary N) is 2. The third kappa shape index (κ3) is 4.79. The van der Waals surface area contributed by atoms with Crippen molar-refractivity contribution in [2.45, 2.75) is 12.5 Å². The number of nitrogens with one attached hydrogen (secondary N) is 2. The molecule has 0 bridgehead atoms. The molecular formula is C22H21N5O3. The maximum Gasteiger partial charge on any atom is 0.287 e. The number of nitrogens with zero attached hydrogens (tertiary/aromatic N) is 1. The Morgan fingerprint density at radius 1 is 1.07 bits per heavy atom. The van der Waals surface area contributed by atoms with Gasteiger partial charge in [0.15, 0.2) is 0 Å². The quantitative estimate of drug-likeness (QED) is 0.334. The number of aromatic nitrogens is 1. The van der Waals surface area contributed by atoms with E-state index < -0.39 is 23.6 Å². The number of amides is 2. The Bertz CT molecular complexity index is 1130.